The first-order valence-corrected chi connectivity index (χ1v) is 12.2. The molecule has 30 heavy (non-hydrogen) atoms. The monoisotopic (exact) mass is 452 g/mol. The number of likely N-dealkylation sites (tertiary alicyclic amines) is 1. The Labute approximate surface area is 182 Å². The minimum atomic E-state index is -3.51. The maximum absolute atomic E-state index is 13.8. The smallest absolute Gasteiger partial charge is 0.243 e. The van der Waals surface area contributed by atoms with E-state index in [-0.39, 0.29) is 16.8 Å². The first kappa shape index (κ1) is 21.6. The topological polar surface area (TPSA) is 49.9 Å². The number of nitrogens with zero attached hydrogens (tertiary/aromatic N) is 2. The van der Waals surface area contributed by atoms with Gasteiger partial charge in [0.25, 0.3) is 0 Å². The molecule has 2 aliphatic rings. The van der Waals surface area contributed by atoms with Crippen molar-refractivity contribution in [3.63, 3.8) is 0 Å². The van der Waals surface area contributed by atoms with Crippen LogP contribution in [0.25, 0.3) is 0 Å². The van der Waals surface area contributed by atoms with Gasteiger partial charge in [-0.2, -0.15) is 4.31 Å². The van der Waals surface area contributed by atoms with Gasteiger partial charge in [0.2, 0.25) is 10.0 Å². The van der Waals surface area contributed by atoms with Crippen LogP contribution in [0.5, 0.6) is 5.75 Å². The van der Waals surface area contributed by atoms with Gasteiger partial charge in [0.1, 0.15) is 6.10 Å². The quantitative estimate of drug-likeness (QED) is 0.683. The Morgan fingerprint density at radius 2 is 1.63 bits per heavy atom. The molecule has 2 aliphatic heterocycles. The molecule has 2 fully saturated rings. The summed E-state index contributed by atoms with van der Waals surface area (Å²) in [5, 5.41) is 0.423. The molecule has 0 radical (unpaired) electrons. The molecule has 0 spiro atoms. The Balaban J connectivity index is 1.28. The first-order valence-electron chi connectivity index (χ1n) is 10.3. The Morgan fingerprint density at radius 3 is 2.30 bits per heavy atom. The van der Waals surface area contributed by atoms with Crippen LogP contribution in [0, 0.1) is 5.82 Å². The molecule has 0 aliphatic carbocycles. The van der Waals surface area contributed by atoms with Gasteiger partial charge >= 0.3 is 0 Å². The summed E-state index contributed by atoms with van der Waals surface area (Å²) in [4.78, 5) is 2.67. The summed E-state index contributed by atoms with van der Waals surface area (Å²) >= 11 is 5.97. The zero-order chi connectivity index (χ0) is 21.1. The van der Waals surface area contributed by atoms with Crippen LogP contribution in [-0.4, -0.2) is 55.9 Å². The fraction of sp³-hybridized carbons (Fsp3) is 0.455. The van der Waals surface area contributed by atoms with Crippen LogP contribution >= 0.6 is 11.6 Å². The highest BCUT2D eigenvalue weighted by Gasteiger charge is 2.33. The third-order valence-electron chi connectivity index (χ3n) is 5.98. The van der Waals surface area contributed by atoms with E-state index in [0.717, 1.165) is 38.8 Å². The molecule has 0 atom stereocenters. The highest BCUT2D eigenvalue weighted by Crippen LogP contribution is 2.28. The second kappa shape index (κ2) is 9.22. The lowest BCUT2D eigenvalue weighted by atomic mass is 10.00. The van der Waals surface area contributed by atoms with Crippen LogP contribution in [0.2, 0.25) is 5.02 Å². The summed E-state index contributed by atoms with van der Waals surface area (Å²) in [5.74, 6) is -0.0105. The number of piperidine rings is 2. The molecular formula is C22H26ClFN2O3S. The molecule has 0 bridgehead atoms. The normalized spacial score (nSPS) is 20.3. The Hall–Kier alpha value is -1.67. The molecule has 162 valence electrons. The maximum Gasteiger partial charge on any atom is 0.243 e. The van der Waals surface area contributed by atoms with Crippen LogP contribution in [0.3, 0.4) is 0 Å². The summed E-state index contributed by atoms with van der Waals surface area (Å²) in [6.45, 7) is 2.77. The van der Waals surface area contributed by atoms with Crippen LogP contribution in [0.4, 0.5) is 4.39 Å². The summed E-state index contributed by atoms with van der Waals surface area (Å²) in [6.07, 6.45) is 3.31. The number of hydrogen-bond acceptors (Lipinski definition) is 4. The van der Waals surface area contributed by atoms with Crippen molar-refractivity contribution in [1.82, 2.24) is 9.21 Å². The van der Waals surface area contributed by atoms with E-state index in [2.05, 4.69) is 4.90 Å². The van der Waals surface area contributed by atoms with E-state index in [1.807, 2.05) is 0 Å². The first-order chi connectivity index (χ1) is 14.4. The standard InChI is InChI=1S/C22H26ClFN2O3S/c23-17-4-3-5-20(16-17)30(27,28)26-14-8-18(9-15-26)25-12-10-19(11-13-25)29-22-7-2-1-6-21(22)24/h1-7,16,18-19H,8-15H2. The molecule has 2 aromatic carbocycles. The molecule has 4 rings (SSSR count). The van der Waals surface area contributed by atoms with Gasteiger partial charge in [0, 0.05) is 37.2 Å². The molecule has 0 N–H and O–H groups in total. The van der Waals surface area contributed by atoms with E-state index in [1.165, 1.54) is 12.1 Å². The van der Waals surface area contributed by atoms with E-state index in [9.17, 15) is 12.8 Å². The van der Waals surface area contributed by atoms with Crippen LogP contribution in [0.1, 0.15) is 25.7 Å². The average molecular weight is 453 g/mol. The fourth-order valence-electron chi connectivity index (χ4n) is 4.30. The zero-order valence-corrected chi connectivity index (χ0v) is 18.3. The van der Waals surface area contributed by atoms with E-state index in [0.29, 0.717) is 29.9 Å². The van der Waals surface area contributed by atoms with Crippen molar-refractivity contribution in [1.29, 1.82) is 0 Å². The van der Waals surface area contributed by atoms with Gasteiger partial charge in [0.15, 0.2) is 11.6 Å². The third kappa shape index (κ3) is 4.80. The Bertz CT molecular complexity index is 972. The molecular weight excluding hydrogens is 427 g/mol. The third-order valence-corrected chi connectivity index (χ3v) is 8.11. The molecule has 8 heteroatoms. The summed E-state index contributed by atoms with van der Waals surface area (Å²) in [5.41, 5.74) is 0. The Morgan fingerprint density at radius 1 is 0.933 bits per heavy atom. The molecule has 2 aromatic rings. The fourth-order valence-corrected chi connectivity index (χ4v) is 6.07. The van der Waals surface area contributed by atoms with Gasteiger partial charge < -0.3 is 9.64 Å². The lowest BCUT2D eigenvalue weighted by Gasteiger charge is -2.41. The number of benzene rings is 2. The van der Waals surface area contributed by atoms with Crippen molar-refractivity contribution in [2.24, 2.45) is 0 Å². The number of ether oxygens (including phenoxy) is 1. The zero-order valence-electron chi connectivity index (χ0n) is 16.7. The number of rotatable bonds is 5. The second-order valence-electron chi connectivity index (χ2n) is 7.88. The maximum atomic E-state index is 13.8. The van der Waals surface area contributed by atoms with Gasteiger partial charge in [-0.15, -0.1) is 0 Å². The highest BCUT2D eigenvalue weighted by atomic mass is 35.5. The number of para-hydroxylation sites is 1. The predicted octanol–water partition coefficient (Wildman–Crippen LogP) is 4.18. The molecule has 5 nitrogen and oxygen atoms in total. The number of hydrogen-bond donors (Lipinski definition) is 0. The average Bonchev–Trinajstić information content (AvgIpc) is 2.76. The summed E-state index contributed by atoms with van der Waals surface area (Å²) < 4.78 is 46.9. The number of sulfonamides is 1. The van der Waals surface area contributed by atoms with Gasteiger partial charge in [-0.3, -0.25) is 0 Å². The molecule has 0 aromatic heterocycles. The van der Waals surface area contributed by atoms with E-state index in [1.54, 1.807) is 40.7 Å². The van der Waals surface area contributed by atoms with Gasteiger partial charge in [-0.25, -0.2) is 12.8 Å². The lowest BCUT2D eigenvalue weighted by Crippen LogP contribution is -2.50. The van der Waals surface area contributed by atoms with Gasteiger partial charge in [0.05, 0.1) is 4.90 Å². The molecule has 2 heterocycles. The number of halogens is 2. The molecule has 0 unspecified atom stereocenters. The second-order valence-corrected chi connectivity index (χ2v) is 10.3. The van der Waals surface area contributed by atoms with Crippen molar-refractivity contribution in [3.05, 3.63) is 59.4 Å². The van der Waals surface area contributed by atoms with Crippen molar-refractivity contribution >= 4 is 21.6 Å². The van der Waals surface area contributed by atoms with Gasteiger partial charge in [-0.1, -0.05) is 29.8 Å². The summed E-state index contributed by atoms with van der Waals surface area (Å²) in [7, 11) is -3.51. The lowest BCUT2D eigenvalue weighted by molar-refractivity contribution is 0.0568. The molecule has 0 saturated carbocycles. The van der Waals surface area contributed by atoms with E-state index in [4.69, 9.17) is 16.3 Å². The van der Waals surface area contributed by atoms with E-state index >= 15 is 0 Å². The Kier molecular flexibility index (Phi) is 6.63. The minimum Gasteiger partial charge on any atom is -0.487 e. The largest absolute Gasteiger partial charge is 0.487 e. The van der Waals surface area contributed by atoms with Crippen molar-refractivity contribution in [3.8, 4) is 5.75 Å². The van der Waals surface area contributed by atoms with Crippen LogP contribution in [0.15, 0.2) is 53.4 Å². The van der Waals surface area contributed by atoms with E-state index < -0.39 is 10.0 Å². The highest BCUT2D eigenvalue weighted by molar-refractivity contribution is 7.89. The van der Waals surface area contributed by atoms with Crippen LogP contribution in [-0.2, 0) is 10.0 Å². The molecule has 2 saturated heterocycles. The van der Waals surface area contributed by atoms with Crippen molar-refractivity contribution in [2.75, 3.05) is 26.2 Å². The predicted molar refractivity (Wildman–Crippen MR) is 115 cm³/mol. The van der Waals surface area contributed by atoms with Crippen LogP contribution < -0.4 is 4.74 Å². The molecule has 0 amide bonds. The van der Waals surface area contributed by atoms with Crippen molar-refractivity contribution in [2.45, 2.75) is 42.7 Å². The minimum absolute atomic E-state index is 0.0152. The van der Waals surface area contributed by atoms with Crippen molar-refractivity contribution < 1.29 is 17.5 Å². The van der Waals surface area contributed by atoms with Gasteiger partial charge in [-0.05, 0) is 56.0 Å². The summed E-state index contributed by atoms with van der Waals surface area (Å²) in [6, 6.07) is 13.3. The SMILES string of the molecule is O=S(=O)(c1cccc(Cl)c1)N1CCC(N2CCC(Oc3ccccc3F)CC2)CC1.